The SMILES string of the molecule is Cc1cccc(OCCNC(=S)Nc2ccccc2)c1C. The predicted molar refractivity (Wildman–Crippen MR) is 92.1 cm³/mol. The lowest BCUT2D eigenvalue weighted by Gasteiger charge is -2.13. The lowest BCUT2D eigenvalue weighted by Crippen LogP contribution is -2.31. The van der Waals surface area contributed by atoms with E-state index in [0.717, 1.165) is 11.4 Å². The number of hydrogen-bond acceptors (Lipinski definition) is 2. The number of anilines is 1. The molecule has 0 aliphatic heterocycles. The van der Waals surface area contributed by atoms with Crippen LogP contribution in [0.4, 0.5) is 5.69 Å². The number of aryl methyl sites for hydroxylation is 1. The molecule has 0 saturated heterocycles. The van der Waals surface area contributed by atoms with Crippen molar-refractivity contribution in [3.8, 4) is 5.75 Å². The molecule has 0 aromatic heterocycles. The largest absolute Gasteiger partial charge is 0.491 e. The van der Waals surface area contributed by atoms with Crippen LogP contribution in [0.1, 0.15) is 11.1 Å². The van der Waals surface area contributed by atoms with Crippen LogP contribution in [-0.4, -0.2) is 18.3 Å². The zero-order chi connectivity index (χ0) is 15.1. The third-order valence-corrected chi connectivity index (χ3v) is 3.48. The number of rotatable bonds is 5. The Bertz CT molecular complexity index is 599. The summed E-state index contributed by atoms with van der Waals surface area (Å²) in [4.78, 5) is 0. The zero-order valence-corrected chi connectivity index (χ0v) is 13.2. The summed E-state index contributed by atoms with van der Waals surface area (Å²) < 4.78 is 5.77. The molecule has 3 nitrogen and oxygen atoms in total. The smallest absolute Gasteiger partial charge is 0.170 e. The van der Waals surface area contributed by atoms with Crippen molar-refractivity contribution in [3.63, 3.8) is 0 Å². The Kier molecular flexibility index (Phi) is 5.58. The van der Waals surface area contributed by atoms with Gasteiger partial charge in [0.2, 0.25) is 0 Å². The van der Waals surface area contributed by atoms with Crippen LogP contribution in [0.15, 0.2) is 48.5 Å². The van der Waals surface area contributed by atoms with E-state index in [1.165, 1.54) is 11.1 Å². The van der Waals surface area contributed by atoms with Gasteiger partial charge in [-0.2, -0.15) is 0 Å². The first kappa shape index (κ1) is 15.3. The van der Waals surface area contributed by atoms with Gasteiger partial charge < -0.3 is 15.4 Å². The molecule has 2 rings (SSSR count). The van der Waals surface area contributed by atoms with Crippen molar-refractivity contribution in [1.82, 2.24) is 5.32 Å². The molecular formula is C17H20N2OS. The summed E-state index contributed by atoms with van der Waals surface area (Å²) in [5, 5.41) is 6.86. The summed E-state index contributed by atoms with van der Waals surface area (Å²) >= 11 is 5.23. The predicted octanol–water partition coefficient (Wildman–Crippen LogP) is 3.67. The van der Waals surface area contributed by atoms with E-state index < -0.39 is 0 Å². The minimum Gasteiger partial charge on any atom is -0.491 e. The van der Waals surface area contributed by atoms with Crippen molar-refractivity contribution >= 4 is 23.0 Å². The Balaban J connectivity index is 1.72. The number of para-hydroxylation sites is 1. The Morgan fingerprint density at radius 3 is 2.57 bits per heavy atom. The Hall–Kier alpha value is -2.07. The number of ether oxygens (including phenoxy) is 1. The molecule has 2 aromatic carbocycles. The van der Waals surface area contributed by atoms with Crippen LogP contribution in [0.25, 0.3) is 0 Å². The van der Waals surface area contributed by atoms with E-state index >= 15 is 0 Å². The van der Waals surface area contributed by atoms with Crippen LogP contribution in [0, 0.1) is 13.8 Å². The van der Waals surface area contributed by atoms with Crippen molar-refractivity contribution in [3.05, 3.63) is 59.7 Å². The van der Waals surface area contributed by atoms with E-state index in [1.807, 2.05) is 42.5 Å². The number of benzene rings is 2. The van der Waals surface area contributed by atoms with E-state index in [-0.39, 0.29) is 0 Å². The summed E-state index contributed by atoms with van der Waals surface area (Å²) in [5.41, 5.74) is 3.40. The number of thiocarbonyl (C=S) groups is 1. The zero-order valence-electron chi connectivity index (χ0n) is 12.3. The van der Waals surface area contributed by atoms with Crippen LogP contribution in [0.2, 0.25) is 0 Å². The molecule has 21 heavy (non-hydrogen) atoms. The van der Waals surface area contributed by atoms with Crippen LogP contribution >= 0.6 is 12.2 Å². The summed E-state index contributed by atoms with van der Waals surface area (Å²) in [6.07, 6.45) is 0. The minimum absolute atomic E-state index is 0.570. The van der Waals surface area contributed by atoms with Crippen molar-refractivity contribution in [2.75, 3.05) is 18.5 Å². The first-order chi connectivity index (χ1) is 10.2. The van der Waals surface area contributed by atoms with Crippen LogP contribution < -0.4 is 15.4 Å². The Morgan fingerprint density at radius 2 is 1.81 bits per heavy atom. The maximum Gasteiger partial charge on any atom is 0.170 e. The van der Waals surface area contributed by atoms with Gasteiger partial charge in [-0.1, -0.05) is 30.3 Å². The van der Waals surface area contributed by atoms with Gasteiger partial charge in [0, 0.05) is 5.69 Å². The van der Waals surface area contributed by atoms with Crippen LogP contribution in [0.3, 0.4) is 0 Å². The monoisotopic (exact) mass is 300 g/mol. The first-order valence-electron chi connectivity index (χ1n) is 6.96. The highest BCUT2D eigenvalue weighted by atomic mass is 32.1. The average molecular weight is 300 g/mol. The molecule has 0 atom stereocenters. The van der Waals surface area contributed by atoms with Crippen molar-refractivity contribution in [2.45, 2.75) is 13.8 Å². The molecule has 0 radical (unpaired) electrons. The van der Waals surface area contributed by atoms with Crippen molar-refractivity contribution in [2.24, 2.45) is 0 Å². The van der Waals surface area contributed by atoms with E-state index in [2.05, 4.69) is 30.5 Å². The van der Waals surface area contributed by atoms with Gasteiger partial charge in [0.25, 0.3) is 0 Å². The molecule has 0 bridgehead atoms. The normalized spacial score (nSPS) is 10.0. The lowest BCUT2D eigenvalue weighted by atomic mass is 10.1. The molecule has 0 amide bonds. The molecule has 2 aromatic rings. The number of nitrogens with one attached hydrogen (secondary N) is 2. The maximum atomic E-state index is 5.77. The van der Waals surface area contributed by atoms with Gasteiger partial charge in [-0.3, -0.25) is 0 Å². The molecule has 0 aliphatic carbocycles. The summed E-state index contributed by atoms with van der Waals surface area (Å²) in [6.45, 7) is 5.38. The Morgan fingerprint density at radius 1 is 1.05 bits per heavy atom. The molecule has 0 unspecified atom stereocenters. The molecule has 110 valence electrons. The highest BCUT2D eigenvalue weighted by Crippen LogP contribution is 2.20. The molecule has 2 N–H and O–H groups in total. The van der Waals surface area contributed by atoms with E-state index in [0.29, 0.717) is 18.3 Å². The fraction of sp³-hybridized carbons (Fsp3) is 0.235. The number of hydrogen-bond donors (Lipinski definition) is 2. The molecule has 0 aliphatic rings. The molecule has 0 fully saturated rings. The van der Waals surface area contributed by atoms with Gasteiger partial charge in [-0.25, -0.2) is 0 Å². The molecule has 0 saturated carbocycles. The second kappa shape index (κ2) is 7.64. The molecular weight excluding hydrogens is 280 g/mol. The van der Waals surface area contributed by atoms with Crippen molar-refractivity contribution < 1.29 is 4.74 Å². The highest BCUT2D eigenvalue weighted by Gasteiger charge is 2.01. The van der Waals surface area contributed by atoms with Crippen molar-refractivity contribution in [1.29, 1.82) is 0 Å². The van der Waals surface area contributed by atoms with Gasteiger partial charge in [0.05, 0.1) is 6.54 Å². The van der Waals surface area contributed by atoms with Gasteiger partial charge in [0.1, 0.15) is 12.4 Å². The summed E-state index contributed by atoms with van der Waals surface area (Å²) in [6, 6.07) is 15.9. The third kappa shape index (κ3) is 4.76. The third-order valence-electron chi connectivity index (χ3n) is 3.23. The second-order valence-electron chi connectivity index (χ2n) is 4.79. The van der Waals surface area contributed by atoms with Gasteiger partial charge in [-0.15, -0.1) is 0 Å². The molecule has 0 heterocycles. The highest BCUT2D eigenvalue weighted by molar-refractivity contribution is 7.80. The van der Waals surface area contributed by atoms with E-state index in [4.69, 9.17) is 17.0 Å². The Labute approximate surface area is 131 Å². The summed E-state index contributed by atoms with van der Waals surface area (Å²) in [7, 11) is 0. The quantitative estimate of drug-likeness (QED) is 0.652. The van der Waals surface area contributed by atoms with E-state index in [1.54, 1.807) is 0 Å². The molecule has 4 heteroatoms. The van der Waals surface area contributed by atoms with Crippen LogP contribution in [-0.2, 0) is 0 Å². The van der Waals surface area contributed by atoms with Gasteiger partial charge >= 0.3 is 0 Å². The first-order valence-corrected chi connectivity index (χ1v) is 7.36. The fourth-order valence-corrected chi connectivity index (χ4v) is 2.12. The van der Waals surface area contributed by atoms with Gasteiger partial charge in [0.15, 0.2) is 5.11 Å². The second-order valence-corrected chi connectivity index (χ2v) is 5.20. The topological polar surface area (TPSA) is 33.3 Å². The average Bonchev–Trinajstić information content (AvgIpc) is 2.49. The fourth-order valence-electron chi connectivity index (χ4n) is 1.90. The minimum atomic E-state index is 0.570. The summed E-state index contributed by atoms with van der Waals surface area (Å²) in [5.74, 6) is 0.929. The standard InChI is InChI=1S/C17H20N2OS/c1-13-7-6-10-16(14(13)2)20-12-11-18-17(21)19-15-8-4-3-5-9-15/h3-10H,11-12H2,1-2H3,(H2,18,19,21). The van der Waals surface area contributed by atoms with Gasteiger partial charge in [-0.05, 0) is 55.4 Å². The molecule has 0 spiro atoms. The lowest BCUT2D eigenvalue weighted by molar-refractivity contribution is 0.320. The van der Waals surface area contributed by atoms with E-state index in [9.17, 15) is 0 Å². The van der Waals surface area contributed by atoms with Crippen LogP contribution in [0.5, 0.6) is 5.75 Å². The maximum absolute atomic E-state index is 5.77.